The van der Waals surface area contributed by atoms with E-state index in [-0.39, 0.29) is 5.91 Å². The van der Waals surface area contributed by atoms with Gasteiger partial charge in [-0.1, -0.05) is 18.7 Å². The maximum absolute atomic E-state index is 11.7. The summed E-state index contributed by atoms with van der Waals surface area (Å²) in [7, 11) is 1.72. The molecule has 2 aromatic heterocycles. The Kier molecular flexibility index (Phi) is 6.32. The van der Waals surface area contributed by atoms with Crippen LogP contribution < -0.4 is 20.9 Å². The fourth-order valence-corrected chi connectivity index (χ4v) is 4.27. The standard InChI is InChI=1S/C26H27N7O2/c1-3-23(34)28-17-6-4-7-18(16-17)29-25-20-10-12-27-24(20)31-26(32-25)30-21-8-5-9-22-19(21)11-13-33(22)14-15-35-2/h3-10,12,16H,1,11,13-15H2,2H3,(H,28,34)(H3,27,29,30,31,32). The Balaban J connectivity index is 1.42. The van der Waals surface area contributed by atoms with Crippen molar-refractivity contribution in [3.63, 3.8) is 0 Å². The number of aromatic nitrogens is 3. The molecule has 0 radical (unpaired) electrons. The number of anilines is 6. The number of hydrogen-bond acceptors (Lipinski definition) is 7. The van der Waals surface area contributed by atoms with E-state index in [0.29, 0.717) is 24.1 Å². The van der Waals surface area contributed by atoms with Gasteiger partial charge in [-0.15, -0.1) is 0 Å². The lowest BCUT2D eigenvalue weighted by Crippen LogP contribution is -2.24. The lowest BCUT2D eigenvalue weighted by atomic mass is 10.1. The van der Waals surface area contributed by atoms with Crippen LogP contribution in [-0.4, -0.2) is 47.7 Å². The number of aromatic amines is 1. The van der Waals surface area contributed by atoms with Crippen molar-refractivity contribution in [3.8, 4) is 0 Å². The van der Waals surface area contributed by atoms with Crippen molar-refractivity contribution < 1.29 is 9.53 Å². The first kappa shape index (κ1) is 22.4. The first-order valence-corrected chi connectivity index (χ1v) is 11.4. The van der Waals surface area contributed by atoms with Gasteiger partial charge in [0.2, 0.25) is 11.9 Å². The van der Waals surface area contributed by atoms with Crippen molar-refractivity contribution in [2.24, 2.45) is 0 Å². The molecule has 0 saturated carbocycles. The Labute approximate surface area is 203 Å². The topological polar surface area (TPSA) is 107 Å². The van der Waals surface area contributed by atoms with Crippen LogP contribution in [0.4, 0.5) is 34.5 Å². The number of hydrogen-bond donors (Lipinski definition) is 4. The molecule has 0 fully saturated rings. The molecule has 5 rings (SSSR count). The minimum Gasteiger partial charge on any atom is -0.383 e. The molecule has 9 nitrogen and oxygen atoms in total. The van der Waals surface area contributed by atoms with Crippen LogP contribution in [0.15, 0.2) is 67.4 Å². The molecule has 35 heavy (non-hydrogen) atoms. The highest BCUT2D eigenvalue weighted by molar-refractivity contribution is 5.99. The molecular weight excluding hydrogens is 442 g/mol. The van der Waals surface area contributed by atoms with Crippen LogP contribution in [0.2, 0.25) is 0 Å². The molecule has 2 aromatic carbocycles. The van der Waals surface area contributed by atoms with Crippen molar-refractivity contribution in [1.29, 1.82) is 0 Å². The summed E-state index contributed by atoms with van der Waals surface area (Å²) in [6.45, 7) is 6.00. The lowest BCUT2D eigenvalue weighted by molar-refractivity contribution is -0.111. The molecule has 0 unspecified atom stereocenters. The molecule has 178 valence electrons. The highest BCUT2D eigenvalue weighted by Gasteiger charge is 2.22. The number of methoxy groups -OCH3 is 1. The van der Waals surface area contributed by atoms with E-state index >= 15 is 0 Å². The molecule has 0 atom stereocenters. The number of benzene rings is 2. The second kappa shape index (κ2) is 9.86. The average molecular weight is 470 g/mol. The maximum Gasteiger partial charge on any atom is 0.247 e. The smallest absolute Gasteiger partial charge is 0.247 e. The number of carbonyl (C=O) groups excluding carboxylic acids is 1. The Morgan fingerprint density at radius 3 is 2.89 bits per heavy atom. The van der Waals surface area contributed by atoms with Gasteiger partial charge in [0.1, 0.15) is 11.5 Å². The Morgan fingerprint density at radius 2 is 2.03 bits per heavy atom. The van der Waals surface area contributed by atoms with Gasteiger partial charge in [-0.3, -0.25) is 4.79 Å². The molecule has 4 aromatic rings. The van der Waals surface area contributed by atoms with E-state index in [9.17, 15) is 4.79 Å². The summed E-state index contributed by atoms with van der Waals surface area (Å²) >= 11 is 0. The third-order valence-electron chi connectivity index (χ3n) is 5.93. The van der Waals surface area contributed by atoms with Crippen LogP contribution in [0, 0.1) is 0 Å². The zero-order valence-corrected chi connectivity index (χ0v) is 19.5. The highest BCUT2D eigenvalue weighted by atomic mass is 16.5. The summed E-state index contributed by atoms with van der Waals surface area (Å²) < 4.78 is 5.26. The monoisotopic (exact) mass is 469 g/mol. The van der Waals surface area contributed by atoms with Crippen LogP contribution >= 0.6 is 0 Å². The molecule has 1 aliphatic heterocycles. The number of nitrogens with zero attached hydrogens (tertiary/aromatic N) is 3. The number of amides is 1. The Hall–Kier alpha value is -4.37. The molecule has 9 heteroatoms. The van der Waals surface area contributed by atoms with Gasteiger partial charge < -0.3 is 30.6 Å². The van der Waals surface area contributed by atoms with Crippen molar-refractivity contribution in [2.75, 3.05) is 47.7 Å². The van der Waals surface area contributed by atoms with Gasteiger partial charge in [0.25, 0.3) is 0 Å². The van der Waals surface area contributed by atoms with E-state index in [1.165, 1.54) is 17.3 Å². The molecule has 0 bridgehead atoms. The van der Waals surface area contributed by atoms with Gasteiger partial charge in [-0.2, -0.15) is 9.97 Å². The van der Waals surface area contributed by atoms with E-state index in [0.717, 1.165) is 41.9 Å². The largest absolute Gasteiger partial charge is 0.383 e. The van der Waals surface area contributed by atoms with Crippen LogP contribution in [0.1, 0.15) is 5.56 Å². The molecule has 0 saturated heterocycles. The van der Waals surface area contributed by atoms with Crippen molar-refractivity contribution in [1.82, 2.24) is 15.0 Å². The predicted octanol–water partition coefficient (Wildman–Crippen LogP) is 4.58. The number of carbonyl (C=O) groups is 1. The van der Waals surface area contributed by atoms with Gasteiger partial charge in [0.05, 0.1) is 12.0 Å². The molecule has 1 aliphatic rings. The summed E-state index contributed by atoms with van der Waals surface area (Å²) in [5.41, 5.74) is 5.62. The summed E-state index contributed by atoms with van der Waals surface area (Å²) in [4.78, 5) is 26.6. The van der Waals surface area contributed by atoms with Gasteiger partial charge in [-0.25, -0.2) is 0 Å². The fraction of sp³-hybridized carbons (Fsp3) is 0.192. The van der Waals surface area contributed by atoms with E-state index in [4.69, 9.17) is 9.72 Å². The number of nitrogens with one attached hydrogen (secondary N) is 4. The minimum absolute atomic E-state index is 0.264. The van der Waals surface area contributed by atoms with E-state index in [1.54, 1.807) is 7.11 Å². The number of rotatable bonds is 9. The molecule has 3 heterocycles. The lowest BCUT2D eigenvalue weighted by Gasteiger charge is -2.19. The first-order chi connectivity index (χ1) is 17.1. The second-order valence-electron chi connectivity index (χ2n) is 8.19. The van der Waals surface area contributed by atoms with E-state index in [2.05, 4.69) is 49.5 Å². The Bertz CT molecular complexity index is 1380. The van der Waals surface area contributed by atoms with E-state index < -0.39 is 0 Å². The molecule has 0 aliphatic carbocycles. The number of fused-ring (bicyclic) bond motifs is 2. The second-order valence-corrected chi connectivity index (χ2v) is 8.19. The van der Waals surface area contributed by atoms with Gasteiger partial charge >= 0.3 is 0 Å². The molecule has 1 amide bonds. The van der Waals surface area contributed by atoms with Crippen molar-refractivity contribution in [2.45, 2.75) is 6.42 Å². The van der Waals surface area contributed by atoms with Crippen molar-refractivity contribution in [3.05, 3.63) is 72.9 Å². The quantitative estimate of drug-likeness (QED) is 0.266. The highest BCUT2D eigenvalue weighted by Crippen LogP contribution is 2.35. The molecule has 0 spiro atoms. The summed E-state index contributed by atoms with van der Waals surface area (Å²) in [6.07, 6.45) is 4.02. The average Bonchev–Trinajstić information content (AvgIpc) is 3.51. The zero-order chi connectivity index (χ0) is 24.2. The predicted molar refractivity (Wildman–Crippen MR) is 140 cm³/mol. The van der Waals surface area contributed by atoms with Crippen molar-refractivity contribution >= 4 is 51.5 Å². The molecular formula is C26H27N7O2. The minimum atomic E-state index is -0.264. The summed E-state index contributed by atoms with van der Waals surface area (Å²) in [6, 6.07) is 15.6. The summed E-state index contributed by atoms with van der Waals surface area (Å²) in [5.74, 6) is 0.877. The normalized spacial score (nSPS) is 12.4. The third kappa shape index (κ3) is 4.80. The number of H-pyrrole nitrogens is 1. The number of ether oxygens (including phenoxy) is 1. The van der Waals surface area contributed by atoms with Gasteiger partial charge in [0.15, 0.2) is 0 Å². The SMILES string of the molecule is C=CC(=O)Nc1cccc(Nc2nc(Nc3cccc4c3CCN4CCOC)nc3[nH]ccc23)c1. The van der Waals surface area contributed by atoms with Crippen LogP contribution in [0.3, 0.4) is 0 Å². The maximum atomic E-state index is 11.7. The summed E-state index contributed by atoms with van der Waals surface area (Å²) in [5, 5.41) is 10.4. The van der Waals surface area contributed by atoms with Crippen LogP contribution in [0.5, 0.6) is 0 Å². The van der Waals surface area contributed by atoms with Crippen LogP contribution in [0.25, 0.3) is 11.0 Å². The van der Waals surface area contributed by atoms with E-state index in [1.807, 2.05) is 42.6 Å². The third-order valence-corrected chi connectivity index (χ3v) is 5.93. The molecule has 4 N–H and O–H groups in total. The van der Waals surface area contributed by atoms with Crippen LogP contribution in [-0.2, 0) is 16.0 Å². The first-order valence-electron chi connectivity index (χ1n) is 11.4. The fourth-order valence-electron chi connectivity index (χ4n) is 4.27. The zero-order valence-electron chi connectivity index (χ0n) is 19.5. The van der Waals surface area contributed by atoms with Gasteiger partial charge in [-0.05, 0) is 48.9 Å². The van der Waals surface area contributed by atoms with Gasteiger partial charge in [0, 0.05) is 54.7 Å². The Morgan fingerprint density at radius 1 is 1.17 bits per heavy atom.